The highest BCUT2D eigenvalue weighted by Gasteiger charge is 2.30. The molecule has 1 aromatic heterocycles. The Morgan fingerprint density at radius 1 is 1.33 bits per heavy atom. The van der Waals surface area contributed by atoms with E-state index < -0.39 is 0 Å². The van der Waals surface area contributed by atoms with E-state index in [-0.39, 0.29) is 0 Å². The standard InChI is InChI=1S/C9H15N3/c1-9(5-3-2-4-6-9)8-7-10-12-11-8/h7H,2-6H2,1H3,(H,10,11,12). The molecule has 0 aliphatic heterocycles. The van der Waals surface area contributed by atoms with Crippen LogP contribution in [0.15, 0.2) is 6.20 Å². The van der Waals surface area contributed by atoms with Gasteiger partial charge >= 0.3 is 0 Å². The van der Waals surface area contributed by atoms with Crippen molar-refractivity contribution < 1.29 is 0 Å². The Balaban J connectivity index is 2.19. The molecule has 1 saturated carbocycles. The van der Waals surface area contributed by atoms with Crippen LogP contribution >= 0.6 is 0 Å². The lowest BCUT2D eigenvalue weighted by Gasteiger charge is -2.31. The van der Waals surface area contributed by atoms with Crippen molar-refractivity contribution in [3.05, 3.63) is 11.9 Å². The van der Waals surface area contributed by atoms with Crippen LogP contribution in [-0.2, 0) is 5.41 Å². The molecule has 0 spiro atoms. The van der Waals surface area contributed by atoms with E-state index in [0.717, 1.165) is 5.69 Å². The summed E-state index contributed by atoms with van der Waals surface area (Å²) >= 11 is 0. The molecule has 0 radical (unpaired) electrons. The number of hydrogen-bond acceptors (Lipinski definition) is 2. The van der Waals surface area contributed by atoms with Gasteiger partial charge in [0.25, 0.3) is 0 Å². The van der Waals surface area contributed by atoms with Crippen molar-refractivity contribution in [2.24, 2.45) is 0 Å². The summed E-state index contributed by atoms with van der Waals surface area (Å²) in [5.74, 6) is 0. The van der Waals surface area contributed by atoms with Gasteiger partial charge in [-0.15, -0.1) is 5.10 Å². The summed E-state index contributed by atoms with van der Waals surface area (Å²) in [6.07, 6.45) is 8.52. The van der Waals surface area contributed by atoms with E-state index in [1.165, 1.54) is 32.1 Å². The number of aromatic amines is 1. The normalized spacial score (nSPS) is 22.4. The summed E-state index contributed by atoms with van der Waals surface area (Å²) in [5.41, 5.74) is 1.44. The second-order valence-corrected chi connectivity index (χ2v) is 3.98. The monoisotopic (exact) mass is 165 g/mol. The van der Waals surface area contributed by atoms with E-state index in [2.05, 4.69) is 22.3 Å². The zero-order chi connectivity index (χ0) is 8.44. The van der Waals surface area contributed by atoms with E-state index >= 15 is 0 Å². The quantitative estimate of drug-likeness (QED) is 0.691. The zero-order valence-electron chi connectivity index (χ0n) is 7.51. The molecule has 1 aliphatic rings. The molecule has 0 atom stereocenters. The summed E-state index contributed by atoms with van der Waals surface area (Å²) in [6.45, 7) is 2.30. The Hall–Kier alpha value is -0.860. The largest absolute Gasteiger partial charge is 0.265 e. The van der Waals surface area contributed by atoms with E-state index in [9.17, 15) is 0 Å². The van der Waals surface area contributed by atoms with Crippen LogP contribution in [0.3, 0.4) is 0 Å². The molecular formula is C9H15N3. The molecule has 66 valence electrons. The van der Waals surface area contributed by atoms with Crippen molar-refractivity contribution in [1.29, 1.82) is 0 Å². The first-order valence-corrected chi connectivity index (χ1v) is 4.68. The molecule has 1 heterocycles. The van der Waals surface area contributed by atoms with E-state index in [1.807, 2.05) is 6.20 Å². The van der Waals surface area contributed by atoms with Gasteiger partial charge in [0.05, 0.1) is 5.69 Å². The first-order valence-electron chi connectivity index (χ1n) is 4.68. The number of nitrogens with one attached hydrogen (secondary N) is 1. The predicted octanol–water partition coefficient (Wildman–Crippen LogP) is 2.03. The van der Waals surface area contributed by atoms with Gasteiger partial charge in [0.1, 0.15) is 0 Å². The van der Waals surface area contributed by atoms with E-state index in [4.69, 9.17) is 0 Å². The minimum absolute atomic E-state index is 0.297. The van der Waals surface area contributed by atoms with E-state index in [0.29, 0.717) is 5.41 Å². The predicted molar refractivity (Wildman–Crippen MR) is 46.8 cm³/mol. The highest BCUT2D eigenvalue weighted by atomic mass is 15.3. The Morgan fingerprint density at radius 3 is 2.67 bits per heavy atom. The molecule has 0 saturated heterocycles. The average Bonchev–Trinajstić information content (AvgIpc) is 2.58. The SMILES string of the molecule is CC1(c2c[nH]nn2)CCCCC1. The summed E-state index contributed by atoms with van der Waals surface area (Å²) in [7, 11) is 0. The first-order chi connectivity index (χ1) is 5.81. The maximum atomic E-state index is 4.11. The third kappa shape index (κ3) is 1.24. The van der Waals surface area contributed by atoms with Gasteiger partial charge in [-0.25, -0.2) is 0 Å². The molecule has 0 amide bonds. The molecule has 0 aromatic carbocycles. The number of H-pyrrole nitrogens is 1. The molecule has 12 heavy (non-hydrogen) atoms. The lowest BCUT2D eigenvalue weighted by atomic mass is 9.74. The topological polar surface area (TPSA) is 41.6 Å². The lowest BCUT2D eigenvalue weighted by molar-refractivity contribution is 0.312. The fourth-order valence-corrected chi connectivity index (χ4v) is 2.08. The van der Waals surface area contributed by atoms with Crippen LogP contribution in [0, 0.1) is 0 Å². The Kier molecular flexibility index (Phi) is 1.87. The number of rotatable bonds is 1. The Morgan fingerprint density at radius 2 is 2.08 bits per heavy atom. The second kappa shape index (κ2) is 2.88. The molecule has 1 fully saturated rings. The van der Waals surface area contributed by atoms with Crippen LogP contribution in [0.5, 0.6) is 0 Å². The second-order valence-electron chi connectivity index (χ2n) is 3.98. The Bertz CT molecular complexity index is 234. The van der Waals surface area contributed by atoms with Crippen LogP contribution in [0.25, 0.3) is 0 Å². The van der Waals surface area contributed by atoms with Gasteiger partial charge in [-0.05, 0) is 12.8 Å². The molecule has 1 N–H and O–H groups in total. The molecule has 1 aliphatic carbocycles. The molecule has 3 nitrogen and oxygen atoms in total. The Labute approximate surface area is 72.6 Å². The van der Waals surface area contributed by atoms with Crippen molar-refractivity contribution in [3.8, 4) is 0 Å². The van der Waals surface area contributed by atoms with Crippen LogP contribution in [-0.4, -0.2) is 15.4 Å². The van der Waals surface area contributed by atoms with Crippen molar-refractivity contribution in [2.45, 2.75) is 44.4 Å². The number of aromatic nitrogens is 3. The molecule has 0 unspecified atom stereocenters. The smallest absolute Gasteiger partial charge is 0.0883 e. The van der Waals surface area contributed by atoms with Gasteiger partial charge in [-0.1, -0.05) is 31.4 Å². The molecule has 0 bridgehead atoms. The van der Waals surface area contributed by atoms with Crippen LogP contribution in [0.4, 0.5) is 0 Å². The van der Waals surface area contributed by atoms with E-state index in [1.54, 1.807) is 0 Å². The van der Waals surface area contributed by atoms with Gasteiger partial charge in [-0.2, -0.15) is 0 Å². The number of hydrogen-bond donors (Lipinski definition) is 1. The summed E-state index contributed by atoms with van der Waals surface area (Å²) < 4.78 is 0. The van der Waals surface area contributed by atoms with Gasteiger partial charge in [0, 0.05) is 11.6 Å². The van der Waals surface area contributed by atoms with Gasteiger partial charge < -0.3 is 0 Å². The summed E-state index contributed by atoms with van der Waals surface area (Å²) in [6, 6.07) is 0. The lowest BCUT2D eigenvalue weighted by Crippen LogP contribution is -2.25. The van der Waals surface area contributed by atoms with Gasteiger partial charge in [0.15, 0.2) is 0 Å². The third-order valence-electron chi connectivity index (χ3n) is 2.99. The molecule has 3 heteroatoms. The van der Waals surface area contributed by atoms with Gasteiger partial charge in [-0.3, -0.25) is 5.10 Å². The van der Waals surface area contributed by atoms with Crippen LogP contribution in [0.1, 0.15) is 44.7 Å². The maximum Gasteiger partial charge on any atom is 0.0883 e. The molecular weight excluding hydrogens is 150 g/mol. The minimum atomic E-state index is 0.297. The summed E-state index contributed by atoms with van der Waals surface area (Å²) in [4.78, 5) is 0. The first kappa shape index (κ1) is 7.77. The van der Waals surface area contributed by atoms with Crippen molar-refractivity contribution >= 4 is 0 Å². The molecule has 1 aromatic rings. The number of nitrogens with zero attached hydrogens (tertiary/aromatic N) is 2. The molecule has 2 rings (SSSR count). The van der Waals surface area contributed by atoms with Crippen molar-refractivity contribution in [3.63, 3.8) is 0 Å². The minimum Gasteiger partial charge on any atom is -0.265 e. The van der Waals surface area contributed by atoms with Gasteiger partial charge in [0.2, 0.25) is 0 Å². The average molecular weight is 165 g/mol. The highest BCUT2D eigenvalue weighted by molar-refractivity contribution is 5.10. The van der Waals surface area contributed by atoms with Crippen LogP contribution < -0.4 is 0 Å². The zero-order valence-corrected chi connectivity index (χ0v) is 7.51. The van der Waals surface area contributed by atoms with Crippen LogP contribution in [0.2, 0.25) is 0 Å². The van der Waals surface area contributed by atoms with Crippen molar-refractivity contribution in [1.82, 2.24) is 15.4 Å². The maximum absolute atomic E-state index is 4.11. The fourth-order valence-electron chi connectivity index (χ4n) is 2.08. The third-order valence-corrected chi connectivity index (χ3v) is 2.99. The fraction of sp³-hybridized carbons (Fsp3) is 0.778. The summed E-state index contributed by atoms with van der Waals surface area (Å²) in [5, 5.41) is 10.7. The van der Waals surface area contributed by atoms with Crippen molar-refractivity contribution in [2.75, 3.05) is 0 Å². The highest BCUT2D eigenvalue weighted by Crippen LogP contribution is 2.37.